The lowest BCUT2D eigenvalue weighted by Gasteiger charge is -2.14. The Hall–Kier alpha value is -0.790. The van der Waals surface area contributed by atoms with E-state index in [1.807, 2.05) is 5.01 Å². The lowest BCUT2D eigenvalue weighted by atomic mass is 10.2. The molecule has 0 heterocycles. The van der Waals surface area contributed by atoms with Crippen LogP contribution in [0.4, 0.5) is 0 Å². The second kappa shape index (κ2) is 8.79. The SMILES string of the molecule is C=NN(/C=C(\C)CC)CCCCCC. The summed E-state index contributed by atoms with van der Waals surface area (Å²) in [6, 6.07) is 0. The molecule has 0 atom stereocenters. The molecule has 0 aliphatic heterocycles. The van der Waals surface area contributed by atoms with Gasteiger partial charge in [0.1, 0.15) is 0 Å². The van der Waals surface area contributed by atoms with Crippen molar-refractivity contribution in [3.8, 4) is 0 Å². The fourth-order valence-corrected chi connectivity index (χ4v) is 1.22. The van der Waals surface area contributed by atoms with Crippen LogP contribution in [0.3, 0.4) is 0 Å². The van der Waals surface area contributed by atoms with Gasteiger partial charge in [0.15, 0.2) is 0 Å². The number of rotatable bonds is 8. The van der Waals surface area contributed by atoms with E-state index in [1.54, 1.807) is 0 Å². The highest BCUT2D eigenvalue weighted by atomic mass is 15.4. The van der Waals surface area contributed by atoms with Gasteiger partial charge in [-0.3, -0.25) is 5.01 Å². The van der Waals surface area contributed by atoms with Crippen LogP contribution in [0.15, 0.2) is 16.9 Å². The van der Waals surface area contributed by atoms with Crippen molar-refractivity contribution in [2.45, 2.75) is 52.9 Å². The molecule has 0 aromatic heterocycles. The van der Waals surface area contributed by atoms with Crippen molar-refractivity contribution in [1.29, 1.82) is 0 Å². The van der Waals surface area contributed by atoms with Crippen molar-refractivity contribution in [1.82, 2.24) is 5.01 Å². The van der Waals surface area contributed by atoms with E-state index < -0.39 is 0 Å². The molecule has 0 aromatic carbocycles. The largest absolute Gasteiger partial charge is 0.273 e. The first kappa shape index (κ1) is 13.2. The smallest absolute Gasteiger partial charge is 0.0408 e. The predicted molar refractivity (Wildman–Crippen MR) is 64.4 cm³/mol. The van der Waals surface area contributed by atoms with Crippen molar-refractivity contribution in [3.63, 3.8) is 0 Å². The molecule has 14 heavy (non-hydrogen) atoms. The Morgan fingerprint density at radius 3 is 2.50 bits per heavy atom. The van der Waals surface area contributed by atoms with Gasteiger partial charge in [-0.05, 0) is 19.8 Å². The fourth-order valence-electron chi connectivity index (χ4n) is 1.22. The number of unbranched alkanes of at least 4 members (excludes halogenated alkanes) is 3. The van der Waals surface area contributed by atoms with E-state index in [4.69, 9.17) is 0 Å². The van der Waals surface area contributed by atoms with Gasteiger partial charge >= 0.3 is 0 Å². The van der Waals surface area contributed by atoms with Crippen LogP contribution in [0.1, 0.15) is 52.9 Å². The van der Waals surface area contributed by atoms with E-state index in [0.29, 0.717) is 0 Å². The van der Waals surface area contributed by atoms with Crippen LogP contribution in [-0.4, -0.2) is 18.3 Å². The second-order valence-electron chi connectivity index (χ2n) is 3.69. The van der Waals surface area contributed by atoms with Gasteiger partial charge in [-0.1, -0.05) is 38.7 Å². The summed E-state index contributed by atoms with van der Waals surface area (Å²) < 4.78 is 0. The Bertz CT molecular complexity index is 173. The fraction of sp³-hybridized carbons (Fsp3) is 0.750. The van der Waals surface area contributed by atoms with E-state index in [0.717, 1.165) is 13.0 Å². The minimum absolute atomic E-state index is 1.00. The monoisotopic (exact) mass is 196 g/mol. The highest BCUT2D eigenvalue weighted by Gasteiger charge is 1.96. The van der Waals surface area contributed by atoms with Crippen molar-refractivity contribution >= 4 is 6.72 Å². The molecule has 0 bridgehead atoms. The molecule has 82 valence electrons. The topological polar surface area (TPSA) is 15.6 Å². The third-order valence-corrected chi connectivity index (χ3v) is 2.35. The predicted octanol–water partition coefficient (Wildman–Crippen LogP) is 3.80. The van der Waals surface area contributed by atoms with Crippen LogP contribution in [0, 0.1) is 0 Å². The van der Waals surface area contributed by atoms with Crippen molar-refractivity contribution in [3.05, 3.63) is 11.8 Å². The van der Waals surface area contributed by atoms with Crippen LogP contribution < -0.4 is 0 Å². The summed E-state index contributed by atoms with van der Waals surface area (Å²) in [5.41, 5.74) is 1.35. The Morgan fingerprint density at radius 1 is 1.29 bits per heavy atom. The van der Waals surface area contributed by atoms with E-state index >= 15 is 0 Å². The van der Waals surface area contributed by atoms with Crippen LogP contribution in [0.5, 0.6) is 0 Å². The maximum atomic E-state index is 3.98. The zero-order valence-electron chi connectivity index (χ0n) is 9.92. The first-order chi connectivity index (χ1) is 6.74. The minimum atomic E-state index is 1.00. The van der Waals surface area contributed by atoms with Crippen LogP contribution >= 0.6 is 0 Å². The summed E-state index contributed by atoms with van der Waals surface area (Å²) in [6.07, 6.45) is 8.29. The summed E-state index contributed by atoms with van der Waals surface area (Å²) in [4.78, 5) is 0. The number of allylic oxidation sites excluding steroid dienone is 1. The second-order valence-corrected chi connectivity index (χ2v) is 3.69. The molecule has 0 saturated heterocycles. The Balaban J connectivity index is 3.74. The van der Waals surface area contributed by atoms with E-state index in [2.05, 4.69) is 38.8 Å². The average molecular weight is 196 g/mol. The van der Waals surface area contributed by atoms with Crippen LogP contribution in [-0.2, 0) is 0 Å². The molecule has 0 fully saturated rings. The molecule has 2 nitrogen and oxygen atoms in total. The Labute approximate surface area is 88.7 Å². The standard InChI is InChI=1S/C12H24N2/c1-5-7-8-9-10-14(13-4)11-12(3)6-2/h11H,4-10H2,1-3H3/b12-11+. The normalized spacial score (nSPS) is 11.5. The molecule has 0 amide bonds. The first-order valence-corrected chi connectivity index (χ1v) is 5.65. The number of nitrogens with zero attached hydrogens (tertiary/aromatic N) is 2. The average Bonchev–Trinajstić information content (AvgIpc) is 2.22. The molecular formula is C12H24N2. The molecule has 2 heteroatoms. The quantitative estimate of drug-likeness (QED) is 0.327. The molecule has 0 unspecified atom stereocenters. The van der Waals surface area contributed by atoms with Crippen LogP contribution in [0.25, 0.3) is 0 Å². The highest BCUT2D eigenvalue weighted by Crippen LogP contribution is 2.05. The van der Waals surface area contributed by atoms with Crippen molar-refractivity contribution < 1.29 is 0 Å². The van der Waals surface area contributed by atoms with E-state index in [9.17, 15) is 0 Å². The number of hydrogen-bond donors (Lipinski definition) is 0. The van der Waals surface area contributed by atoms with E-state index in [1.165, 1.54) is 31.3 Å². The van der Waals surface area contributed by atoms with Crippen molar-refractivity contribution in [2.75, 3.05) is 6.54 Å². The van der Waals surface area contributed by atoms with Crippen molar-refractivity contribution in [2.24, 2.45) is 5.10 Å². The number of hydrazone groups is 1. The lowest BCUT2D eigenvalue weighted by Crippen LogP contribution is -2.11. The third kappa shape index (κ3) is 6.70. The third-order valence-electron chi connectivity index (χ3n) is 2.35. The molecule has 0 rings (SSSR count). The van der Waals surface area contributed by atoms with Gasteiger partial charge in [-0.25, -0.2) is 0 Å². The van der Waals surface area contributed by atoms with Gasteiger partial charge < -0.3 is 0 Å². The molecule has 0 aliphatic carbocycles. The summed E-state index contributed by atoms with van der Waals surface area (Å²) in [7, 11) is 0. The van der Waals surface area contributed by atoms with Gasteiger partial charge in [0, 0.05) is 19.5 Å². The van der Waals surface area contributed by atoms with Gasteiger partial charge in [0.25, 0.3) is 0 Å². The Morgan fingerprint density at radius 2 is 2.00 bits per heavy atom. The van der Waals surface area contributed by atoms with E-state index in [-0.39, 0.29) is 0 Å². The summed E-state index contributed by atoms with van der Waals surface area (Å²) in [5, 5.41) is 5.93. The summed E-state index contributed by atoms with van der Waals surface area (Å²) >= 11 is 0. The first-order valence-electron chi connectivity index (χ1n) is 5.65. The van der Waals surface area contributed by atoms with Gasteiger partial charge in [0.2, 0.25) is 0 Å². The molecule has 0 saturated carbocycles. The lowest BCUT2D eigenvalue weighted by molar-refractivity contribution is 0.382. The molecule has 0 aliphatic rings. The van der Waals surface area contributed by atoms with Gasteiger partial charge in [0.05, 0.1) is 0 Å². The molecule has 0 radical (unpaired) electrons. The zero-order chi connectivity index (χ0) is 10.8. The van der Waals surface area contributed by atoms with Crippen LogP contribution in [0.2, 0.25) is 0 Å². The highest BCUT2D eigenvalue weighted by molar-refractivity contribution is 5.23. The molecular weight excluding hydrogens is 172 g/mol. The maximum Gasteiger partial charge on any atom is 0.0408 e. The number of hydrogen-bond acceptors (Lipinski definition) is 2. The zero-order valence-corrected chi connectivity index (χ0v) is 9.92. The van der Waals surface area contributed by atoms with Gasteiger partial charge in [-0.2, -0.15) is 5.10 Å². The van der Waals surface area contributed by atoms with Gasteiger partial charge in [-0.15, -0.1) is 0 Å². The molecule has 0 spiro atoms. The Kier molecular flexibility index (Phi) is 8.30. The molecule has 0 aromatic rings. The minimum Gasteiger partial charge on any atom is -0.273 e. The maximum absolute atomic E-state index is 3.98. The summed E-state index contributed by atoms with van der Waals surface area (Å²) in [6.45, 7) is 11.1. The molecule has 0 N–H and O–H groups in total. The summed E-state index contributed by atoms with van der Waals surface area (Å²) in [5.74, 6) is 0.